The van der Waals surface area contributed by atoms with Crippen molar-refractivity contribution in [3.63, 3.8) is 0 Å². The van der Waals surface area contributed by atoms with Crippen LogP contribution in [0, 0.1) is 0 Å². The van der Waals surface area contributed by atoms with Crippen molar-refractivity contribution >= 4 is 0 Å². The Bertz CT molecular complexity index is 264. The van der Waals surface area contributed by atoms with E-state index >= 15 is 0 Å². The molecule has 2 rings (SSSR count). The number of hydrogen-bond donors (Lipinski definition) is 2. The quantitative estimate of drug-likeness (QED) is 0.727. The Balaban J connectivity index is 1.91. The average Bonchev–Trinajstić information content (AvgIpc) is 2.76. The van der Waals surface area contributed by atoms with Gasteiger partial charge in [-0.15, -0.1) is 0 Å². The zero-order chi connectivity index (χ0) is 13.7. The van der Waals surface area contributed by atoms with Crippen molar-refractivity contribution in [2.45, 2.75) is 82.8 Å². The minimum Gasteiger partial charge on any atom is -0.393 e. The maximum atomic E-state index is 9.61. The van der Waals surface area contributed by atoms with Gasteiger partial charge in [0.15, 0.2) is 5.79 Å². The molecule has 2 saturated heterocycles. The molecule has 0 unspecified atom stereocenters. The van der Waals surface area contributed by atoms with Gasteiger partial charge in [0, 0.05) is 24.9 Å². The first kappa shape index (κ1) is 15.2. The highest BCUT2D eigenvalue weighted by Gasteiger charge is 2.44. The van der Waals surface area contributed by atoms with E-state index in [9.17, 15) is 5.11 Å². The second-order valence-electron chi connectivity index (χ2n) is 6.16. The molecule has 1 spiro atoms. The first-order chi connectivity index (χ1) is 9.13. The highest BCUT2D eigenvalue weighted by atomic mass is 16.7. The molecular formula is C15H29NO3. The molecule has 4 nitrogen and oxygen atoms in total. The molecule has 2 N–H and O–H groups in total. The van der Waals surface area contributed by atoms with E-state index in [4.69, 9.17) is 9.47 Å². The molecule has 0 bridgehead atoms. The molecule has 0 aliphatic carbocycles. The van der Waals surface area contributed by atoms with Gasteiger partial charge in [-0.25, -0.2) is 0 Å². The highest BCUT2D eigenvalue weighted by molar-refractivity contribution is 4.93. The van der Waals surface area contributed by atoms with Crippen molar-refractivity contribution in [3.8, 4) is 0 Å². The van der Waals surface area contributed by atoms with Crippen molar-refractivity contribution < 1.29 is 14.6 Å². The molecule has 2 aliphatic rings. The van der Waals surface area contributed by atoms with Crippen LogP contribution in [-0.4, -0.2) is 42.3 Å². The Morgan fingerprint density at radius 2 is 1.89 bits per heavy atom. The van der Waals surface area contributed by atoms with Crippen molar-refractivity contribution in [3.05, 3.63) is 0 Å². The fourth-order valence-electron chi connectivity index (χ4n) is 3.41. The minimum atomic E-state index is -0.373. The molecule has 112 valence electrons. The summed E-state index contributed by atoms with van der Waals surface area (Å²) >= 11 is 0. The Morgan fingerprint density at radius 1 is 1.21 bits per heavy atom. The molecule has 0 aromatic rings. The lowest BCUT2D eigenvalue weighted by Crippen LogP contribution is -2.54. The van der Waals surface area contributed by atoms with Crippen LogP contribution in [0.2, 0.25) is 0 Å². The molecule has 19 heavy (non-hydrogen) atoms. The van der Waals surface area contributed by atoms with Crippen LogP contribution in [0.3, 0.4) is 0 Å². The van der Waals surface area contributed by atoms with E-state index < -0.39 is 0 Å². The van der Waals surface area contributed by atoms with Crippen molar-refractivity contribution in [1.82, 2.24) is 5.32 Å². The summed E-state index contributed by atoms with van der Waals surface area (Å²) in [7, 11) is 0. The van der Waals surface area contributed by atoms with Crippen LogP contribution in [0.15, 0.2) is 0 Å². The van der Waals surface area contributed by atoms with Crippen LogP contribution in [-0.2, 0) is 9.47 Å². The van der Waals surface area contributed by atoms with E-state index in [0.29, 0.717) is 25.3 Å². The first-order valence-corrected chi connectivity index (χ1v) is 7.85. The Kier molecular flexibility index (Phi) is 5.63. The summed E-state index contributed by atoms with van der Waals surface area (Å²) in [6, 6.07) is 0.764. The fourth-order valence-corrected chi connectivity index (χ4v) is 3.41. The lowest BCUT2D eigenvalue weighted by atomic mass is 9.87. The van der Waals surface area contributed by atoms with Gasteiger partial charge in [-0.2, -0.15) is 0 Å². The van der Waals surface area contributed by atoms with Gasteiger partial charge in [0.2, 0.25) is 0 Å². The molecule has 3 atom stereocenters. The summed E-state index contributed by atoms with van der Waals surface area (Å²) in [4.78, 5) is 0. The standard InChI is InChI=1S/C15H29NO3/c1-3-4-5-6-13-10-15(18-7-8-19-15)11-14(16-13)9-12(2)17/h12-14,16-17H,3-11H2,1-2H3/t12-,13-,14-/m0/s1. The molecule has 0 amide bonds. The third-order valence-corrected chi connectivity index (χ3v) is 4.18. The van der Waals surface area contributed by atoms with Crippen LogP contribution >= 0.6 is 0 Å². The molecule has 0 saturated carbocycles. The van der Waals surface area contributed by atoms with Crippen LogP contribution in [0.1, 0.15) is 58.8 Å². The maximum absolute atomic E-state index is 9.61. The zero-order valence-corrected chi connectivity index (χ0v) is 12.4. The van der Waals surface area contributed by atoms with Gasteiger partial charge < -0.3 is 19.9 Å². The SMILES string of the molecule is CCCCC[C@H]1CC2(C[C@H](C[C@H](C)O)N1)OCCO2. The lowest BCUT2D eigenvalue weighted by molar-refractivity contribution is -0.189. The first-order valence-electron chi connectivity index (χ1n) is 7.85. The Morgan fingerprint density at radius 3 is 2.53 bits per heavy atom. The summed E-state index contributed by atoms with van der Waals surface area (Å²) in [6.07, 6.45) is 7.29. The van der Waals surface area contributed by atoms with E-state index in [1.54, 1.807) is 0 Å². The largest absolute Gasteiger partial charge is 0.393 e. The van der Waals surface area contributed by atoms with Gasteiger partial charge in [0.05, 0.1) is 19.3 Å². The van der Waals surface area contributed by atoms with E-state index in [1.807, 2.05) is 6.92 Å². The molecule has 2 fully saturated rings. The number of unbranched alkanes of at least 4 members (excludes halogenated alkanes) is 2. The van der Waals surface area contributed by atoms with Gasteiger partial charge in [0.1, 0.15) is 0 Å². The van der Waals surface area contributed by atoms with Gasteiger partial charge >= 0.3 is 0 Å². The lowest BCUT2D eigenvalue weighted by Gasteiger charge is -2.42. The van der Waals surface area contributed by atoms with E-state index in [1.165, 1.54) is 25.7 Å². The number of aliphatic hydroxyl groups excluding tert-OH is 1. The van der Waals surface area contributed by atoms with Gasteiger partial charge in [-0.1, -0.05) is 26.2 Å². The zero-order valence-electron chi connectivity index (χ0n) is 12.4. The maximum Gasteiger partial charge on any atom is 0.171 e. The van der Waals surface area contributed by atoms with Crippen molar-refractivity contribution in [2.24, 2.45) is 0 Å². The van der Waals surface area contributed by atoms with Crippen LogP contribution < -0.4 is 5.32 Å². The molecule has 4 heteroatoms. The number of piperidine rings is 1. The summed E-state index contributed by atoms with van der Waals surface area (Å²) in [5.41, 5.74) is 0. The minimum absolute atomic E-state index is 0.273. The smallest absolute Gasteiger partial charge is 0.171 e. The second kappa shape index (κ2) is 7.02. The summed E-state index contributed by atoms with van der Waals surface area (Å²) < 4.78 is 11.8. The monoisotopic (exact) mass is 271 g/mol. The molecule has 0 aromatic carbocycles. The van der Waals surface area contributed by atoms with Gasteiger partial charge in [-0.3, -0.25) is 0 Å². The summed E-state index contributed by atoms with van der Waals surface area (Å²) in [6.45, 7) is 5.51. The average molecular weight is 271 g/mol. The molecule has 2 heterocycles. The number of ether oxygens (including phenoxy) is 2. The molecular weight excluding hydrogens is 242 g/mol. The topological polar surface area (TPSA) is 50.7 Å². The predicted octanol–water partition coefficient (Wildman–Crippen LogP) is 2.20. The normalized spacial score (nSPS) is 31.7. The number of nitrogens with one attached hydrogen (secondary N) is 1. The Hall–Kier alpha value is -0.160. The number of rotatable bonds is 6. The second-order valence-corrected chi connectivity index (χ2v) is 6.16. The summed E-state index contributed by atoms with van der Waals surface area (Å²) in [5, 5.41) is 13.3. The van der Waals surface area contributed by atoms with Gasteiger partial charge in [-0.05, 0) is 19.8 Å². The van der Waals surface area contributed by atoms with E-state index in [-0.39, 0.29) is 11.9 Å². The van der Waals surface area contributed by atoms with Crippen molar-refractivity contribution in [2.75, 3.05) is 13.2 Å². The molecule has 2 aliphatic heterocycles. The fraction of sp³-hybridized carbons (Fsp3) is 1.00. The number of aliphatic hydroxyl groups is 1. The molecule has 0 radical (unpaired) electrons. The van der Waals surface area contributed by atoms with Crippen molar-refractivity contribution in [1.29, 1.82) is 0 Å². The van der Waals surface area contributed by atoms with Crippen LogP contribution in [0.5, 0.6) is 0 Å². The van der Waals surface area contributed by atoms with E-state index in [0.717, 1.165) is 19.3 Å². The third-order valence-electron chi connectivity index (χ3n) is 4.18. The number of hydrogen-bond acceptors (Lipinski definition) is 4. The summed E-state index contributed by atoms with van der Waals surface area (Å²) in [5.74, 6) is -0.373. The third kappa shape index (κ3) is 4.42. The van der Waals surface area contributed by atoms with E-state index in [2.05, 4.69) is 12.2 Å². The Labute approximate surface area is 116 Å². The molecule has 0 aromatic heterocycles. The predicted molar refractivity (Wildman–Crippen MR) is 75.0 cm³/mol. The van der Waals surface area contributed by atoms with Crippen LogP contribution in [0.25, 0.3) is 0 Å². The van der Waals surface area contributed by atoms with Gasteiger partial charge in [0.25, 0.3) is 0 Å². The highest BCUT2D eigenvalue weighted by Crippen LogP contribution is 2.35. The van der Waals surface area contributed by atoms with Crippen LogP contribution in [0.4, 0.5) is 0 Å².